The van der Waals surface area contributed by atoms with Gasteiger partial charge in [0.25, 0.3) is 5.69 Å². The minimum absolute atomic E-state index is 0.183. The molecular formula is C11H8N4O6. The number of aromatic hydroxyl groups is 1. The zero-order chi connectivity index (χ0) is 15.7. The molecule has 0 saturated heterocycles. The normalized spacial score (nSPS) is 10.3. The highest BCUT2D eigenvalue weighted by Gasteiger charge is 2.26. The second-order valence-corrected chi connectivity index (χ2v) is 4.04. The highest BCUT2D eigenvalue weighted by atomic mass is 16.6. The second kappa shape index (κ2) is 5.00. The molecule has 0 aliphatic heterocycles. The van der Waals surface area contributed by atoms with Crippen molar-refractivity contribution in [2.75, 3.05) is 0 Å². The van der Waals surface area contributed by atoms with Gasteiger partial charge in [0.2, 0.25) is 5.75 Å². The van der Waals surface area contributed by atoms with Crippen LogP contribution in [0, 0.1) is 20.2 Å². The van der Waals surface area contributed by atoms with Crippen molar-refractivity contribution < 1.29 is 15.0 Å². The van der Waals surface area contributed by atoms with Crippen molar-refractivity contribution in [2.24, 2.45) is 7.05 Å². The van der Waals surface area contributed by atoms with E-state index in [9.17, 15) is 30.1 Å². The van der Waals surface area contributed by atoms with Crippen LogP contribution < -0.4 is 5.56 Å². The number of nitrogens with zero attached hydrogens (tertiary/aromatic N) is 4. The van der Waals surface area contributed by atoms with Gasteiger partial charge in [0.05, 0.1) is 9.85 Å². The van der Waals surface area contributed by atoms with Crippen molar-refractivity contribution in [1.82, 2.24) is 9.78 Å². The van der Waals surface area contributed by atoms with Gasteiger partial charge < -0.3 is 5.11 Å². The highest BCUT2D eigenvalue weighted by Crippen LogP contribution is 2.32. The molecule has 1 aromatic heterocycles. The van der Waals surface area contributed by atoms with E-state index >= 15 is 0 Å². The van der Waals surface area contributed by atoms with Gasteiger partial charge in [-0.2, -0.15) is 5.10 Å². The maximum absolute atomic E-state index is 11.6. The zero-order valence-corrected chi connectivity index (χ0v) is 10.6. The van der Waals surface area contributed by atoms with E-state index in [1.165, 1.54) is 19.2 Å². The lowest BCUT2D eigenvalue weighted by Crippen LogP contribution is -2.23. The van der Waals surface area contributed by atoms with Gasteiger partial charge >= 0.3 is 11.2 Å². The molecule has 1 heterocycles. The first-order chi connectivity index (χ1) is 9.82. The summed E-state index contributed by atoms with van der Waals surface area (Å²) < 4.78 is 0.717. The maximum atomic E-state index is 11.6. The van der Waals surface area contributed by atoms with Gasteiger partial charge in [-0.3, -0.25) is 25.0 Å². The smallest absolute Gasteiger partial charge is 0.379 e. The summed E-state index contributed by atoms with van der Waals surface area (Å²) in [6.45, 7) is 0. The Balaban J connectivity index is 2.67. The fourth-order valence-corrected chi connectivity index (χ4v) is 1.71. The number of hydrogen-bond acceptors (Lipinski definition) is 7. The standard InChI is InChI=1S/C11H8N4O6/c1-13-11(17)9(15(20)21)10(16)8(12-13)6-2-4-7(5-3-6)14(18)19/h2-5,16H,1H3. The number of hydrogen-bond donors (Lipinski definition) is 1. The van der Waals surface area contributed by atoms with Crippen LogP contribution >= 0.6 is 0 Å². The number of nitro benzene ring substituents is 1. The van der Waals surface area contributed by atoms with Crippen molar-refractivity contribution in [1.29, 1.82) is 0 Å². The van der Waals surface area contributed by atoms with Crippen molar-refractivity contribution in [2.45, 2.75) is 0 Å². The molecule has 2 rings (SSSR count). The monoisotopic (exact) mass is 292 g/mol. The Bertz CT molecular complexity index is 796. The van der Waals surface area contributed by atoms with Crippen molar-refractivity contribution in [3.05, 3.63) is 54.8 Å². The largest absolute Gasteiger partial charge is 0.500 e. The van der Waals surface area contributed by atoms with Crippen LogP contribution in [-0.4, -0.2) is 24.7 Å². The Hall–Kier alpha value is -3.30. The Morgan fingerprint density at radius 3 is 2.19 bits per heavy atom. The summed E-state index contributed by atoms with van der Waals surface area (Å²) in [6, 6.07) is 4.86. The minimum atomic E-state index is -1.05. The summed E-state index contributed by atoms with van der Waals surface area (Å²) in [5.41, 5.74) is -2.24. The van der Waals surface area contributed by atoms with Gasteiger partial charge in [-0.05, 0) is 12.1 Å². The molecular weight excluding hydrogens is 284 g/mol. The third-order valence-corrected chi connectivity index (χ3v) is 2.73. The second-order valence-electron chi connectivity index (χ2n) is 4.04. The van der Waals surface area contributed by atoms with Gasteiger partial charge in [0.15, 0.2) is 0 Å². The van der Waals surface area contributed by atoms with E-state index in [2.05, 4.69) is 5.10 Å². The molecule has 1 aromatic carbocycles. The molecule has 0 saturated carbocycles. The molecule has 2 aromatic rings. The van der Waals surface area contributed by atoms with Crippen LogP contribution in [0.1, 0.15) is 0 Å². The lowest BCUT2D eigenvalue weighted by Gasteiger charge is -2.06. The molecule has 21 heavy (non-hydrogen) atoms. The van der Waals surface area contributed by atoms with Gasteiger partial charge in [-0.1, -0.05) is 0 Å². The fraction of sp³-hybridized carbons (Fsp3) is 0.0909. The molecule has 0 aliphatic carbocycles. The molecule has 0 radical (unpaired) electrons. The first-order valence-electron chi connectivity index (χ1n) is 5.52. The van der Waals surface area contributed by atoms with E-state index in [4.69, 9.17) is 0 Å². The molecule has 0 spiro atoms. The van der Waals surface area contributed by atoms with E-state index < -0.39 is 26.8 Å². The Morgan fingerprint density at radius 2 is 1.71 bits per heavy atom. The van der Waals surface area contributed by atoms with Crippen LogP contribution in [0.3, 0.4) is 0 Å². The quantitative estimate of drug-likeness (QED) is 0.655. The number of benzene rings is 1. The highest BCUT2D eigenvalue weighted by molar-refractivity contribution is 5.70. The summed E-state index contributed by atoms with van der Waals surface area (Å²) in [5.74, 6) is -0.878. The Morgan fingerprint density at radius 1 is 1.14 bits per heavy atom. The van der Waals surface area contributed by atoms with Crippen molar-refractivity contribution in [3.63, 3.8) is 0 Å². The van der Waals surface area contributed by atoms with Gasteiger partial charge in [0.1, 0.15) is 5.69 Å². The first kappa shape index (κ1) is 14.1. The van der Waals surface area contributed by atoms with Gasteiger partial charge in [-0.25, -0.2) is 4.68 Å². The number of aryl methyl sites for hydroxylation is 1. The summed E-state index contributed by atoms with van der Waals surface area (Å²) in [6.07, 6.45) is 0. The van der Waals surface area contributed by atoms with Crippen LogP contribution in [-0.2, 0) is 7.05 Å². The fourth-order valence-electron chi connectivity index (χ4n) is 1.71. The number of rotatable bonds is 3. The SMILES string of the molecule is Cn1nc(-c2ccc([N+](=O)[O-])cc2)c(O)c([N+](=O)[O-])c1=O. The first-order valence-corrected chi connectivity index (χ1v) is 5.52. The maximum Gasteiger partial charge on any atom is 0.379 e. The van der Waals surface area contributed by atoms with Crippen LogP contribution in [0.5, 0.6) is 5.75 Å². The van der Waals surface area contributed by atoms with Crippen LogP contribution in [0.2, 0.25) is 0 Å². The van der Waals surface area contributed by atoms with E-state index in [0.29, 0.717) is 4.68 Å². The molecule has 10 heteroatoms. The van der Waals surface area contributed by atoms with Crippen LogP contribution in [0.25, 0.3) is 11.3 Å². The van der Waals surface area contributed by atoms with Gasteiger partial charge in [-0.15, -0.1) is 0 Å². The number of aromatic nitrogens is 2. The number of non-ortho nitro benzene ring substituents is 1. The van der Waals surface area contributed by atoms with Gasteiger partial charge in [0, 0.05) is 24.7 Å². The molecule has 0 atom stereocenters. The Kier molecular flexibility index (Phi) is 3.36. The lowest BCUT2D eigenvalue weighted by molar-refractivity contribution is -0.387. The third kappa shape index (κ3) is 2.41. The predicted molar refractivity (Wildman–Crippen MR) is 69.9 cm³/mol. The van der Waals surface area contributed by atoms with Crippen molar-refractivity contribution in [3.8, 4) is 17.0 Å². The molecule has 10 nitrogen and oxygen atoms in total. The van der Waals surface area contributed by atoms with Crippen LogP contribution in [0.4, 0.5) is 11.4 Å². The molecule has 0 fully saturated rings. The summed E-state index contributed by atoms with van der Waals surface area (Å²) >= 11 is 0. The molecule has 1 N–H and O–H groups in total. The molecule has 0 aliphatic rings. The summed E-state index contributed by atoms with van der Waals surface area (Å²) in [4.78, 5) is 31.4. The number of nitro groups is 2. The molecule has 0 amide bonds. The average Bonchev–Trinajstić information content (AvgIpc) is 2.43. The molecule has 0 unspecified atom stereocenters. The Labute approximate surface area is 116 Å². The van der Waals surface area contributed by atoms with E-state index in [1.807, 2.05) is 0 Å². The topological polar surface area (TPSA) is 141 Å². The minimum Gasteiger partial charge on any atom is -0.500 e. The van der Waals surface area contributed by atoms with E-state index in [-0.39, 0.29) is 16.9 Å². The molecule has 0 bridgehead atoms. The average molecular weight is 292 g/mol. The van der Waals surface area contributed by atoms with Crippen molar-refractivity contribution >= 4 is 11.4 Å². The van der Waals surface area contributed by atoms with E-state index in [1.54, 1.807) is 0 Å². The lowest BCUT2D eigenvalue weighted by atomic mass is 10.1. The summed E-state index contributed by atoms with van der Waals surface area (Å²) in [7, 11) is 1.20. The predicted octanol–water partition coefficient (Wildman–Crippen LogP) is 0.969. The zero-order valence-electron chi connectivity index (χ0n) is 10.6. The summed E-state index contributed by atoms with van der Waals surface area (Å²) in [5, 5.41) is 35.0. The third-order valence-electron chi connectivity index (χ3n) is 2.73. The van der Waals surface area contributed by atoms with E-state index in [0.717, 1.165) is 12.1 Å². The molecule has 108 valence electrons. The van der Waals surface area contributed by atoms with Crippen LogP contribution in [0.15, 0.2) is 29.1 Å².